The number of thiophene rings is 1. The molecule has 25 heavy (non-hydrogen) atoms. The molecule has 0 fully saturated rings. The summed E-state index contributed by atoms with van der Waals surface area (Å²) >= 11 is 4.95. The highest BCUT2D eigenvalue weighted by Crippen LogP contribution is 2.47. The summed E-state index contributed by atoms with van der Waals surface area (Å²) in [4.78, 5) is 15.9. The summed E-state index contributed by atoms with van der Waals surface area (Å²) in [5.41, 5.74) is 1.15. The standard InChI is InChI=1S/C19H15O2PS3/c1-2-21-22(20)19-24-17(13-8-4-3-5-9-13)18(25-19)16-12-14-10-6-7-11-15(14)23-16/h3-12H,2H2,1H3. The molecule has 0 radical (unpaired) electrons. The zero-order valence-corrected chi connectivity index (χ0v) is 16.8. The molecule has 4 aromatic rings. The van der Waals surface area contributed by atoms with E-state index in [0.29, 0.717) is 6.61 Å². The van der Waals surface area contributed by atoms with Crippen molar-refractivity contribution in [3.8, 4) is 20.2 Å². The lowest BCUT2D eigenvalue weighted by atomic mass is 10.1. The van der Waals surface area contributed by atoms with Gasteiger partial charge in [-0.25, -0.2) is 0 Å². The monoisotopic (exact) mass is 402 g/mol. The molecule has 0 aliphatic rings. The van der Waals surface area contributed by atoms with Crippen LogP contribution in [0.25, 0.3) is 30.3 Å². The van der Waals surface area contributed by atoms with Crippen molar-refractivity contribution in [3.05, 3.63) is 64.2 Å². The van der Waals surface area contributed by atoms with Crippen LogP contribution in [0, 0.1) is 3.57 Å². The molecule has 1 unspecified atom stereocenters. The summed E-state index contributed by atoms with van der Waals surface area (Å²) in [6.45, 7) is 2.33. The Bertz CT molecular complexity index is 1040. The zero-order valence-electron chi connectivity index (χ0n) is 13.5. The summed E-state index contributed by atoms with van der Waals surface area (Å²) in [6.07, 6.45) is 0. The lowest BCUT2D eigenvalue weighted by Crippen LogP contribution is -1.90. The molecule has 126 valence electrons. The van der Waals surface area contributed by atoms with E-state index in [9.17, 15) is 4.89 Å². The van der Waals surface area contributed by atoms with Crippen LogP contribution in [-0.4, -0.2) is 6.61 Å². The first-order chi connectivity index (χ1) is 12.3. The van der Waals surface area contributed by atoms with Crippen molar-refractivity contribution in [3.63, 3.8) is 0 Å². The fraction of sp³-hybridized carbons (Fsp3) is 0.105. The molecule has 0 aliphatic heterocycles. The molecule has 0 bridgehead atoms. The van der Waals surface area contributed by atoms with Crippen LogP contribution in [0.1, 0.15) is 6.92 Å². The molecule has 2 aromatic carbocycles. The molecule has 0 amide bonds. The lowest BCUT2D eigenvalue weighted by Gasteiger charge is -1.99. The third-order valence-corrected chi connectivity index (χ3v) is 9.41. The molecular weight excluding hydrogens is 387 g/mol. The van der Waals surface area contributed by atoms with Crippen molar-refractivity contribution in [2.45, 2.75) is 6.92 Å². The fourth-order valence-electron chi connectivity index (χ4n) is 2.57. The second-order valence-corrected chi connectivity index (χ2v) is 10.5. The topological polar surface area (TPSA) is 32.3 Å². The normalized spacial score (nSPS) is 12.6. The first kappa shape index (κ1) is 17.1. The van der Waals surface area contributed by atoms with Crippen LogP contribution in [0.15, 0.2) is 60.7 Å². The van der Waals surface area contributed by atoms with Gasteiger partial charge in [0.15, 0.2) is 0 Å². The largest absolute Gasteiger partial charge is 0.601 e. The van der Waals surface area contributed by atoms with E-state index >= 15 is 0 Å². The summed E-state index contributed by atoms with van der Waals surface area (Å²) in [5.74, 6) is 0. The highest BCUT2D eigenvalue weighted by Gasteiger charge is 2.17. The van der Waals surface area contributed by atoms with E-state index in [1.54, 1.807) is 34.0 Å². The lowest BCUT2D eigenvalue weighted by molar-refractivity contribution is -0.173. The van der Waals surface area contributed by atoms with Gasteiger partial charge in [-0.1, -0.05) is 71.2 Å². The molecule has 6 heteroatoms. The van der Waals surface area contributed by atoms with Gasteiger partial charge in [-0.2, -0.15) is 4.52 Å². The van der Waals surface area contributed by atoms with Crippen LogP contribution in [0.3, 0.4) is 0 Å². The van der Waals surface area contributed by atoms with Gasteiger partial charge in [-0.15, -0.1) is 11.3 Å². The third kappa shape index (κ3) is 3.49. The van der Waals surface area contributed by atoms with Gasteiger partial charge in [-0.3, -0.25) is 0 Å². The maximum absolute atomic E-state index is 12.4. The molecular formula is C19H15O2PS3. The first-order valence-electron chi connectivity index (χ1n) is 7.87. The van der Waals surface area contributed by atoms with Gasteiger partial charge in [0.25, 0.3) is 11.6 Å². The number of hydrogen-bond donors (Lipinski definition) is 0. The van der Waals surface area contributed by atoms with E-state index in [0.717, 1.165) is 14.0 Å². The Morgan fingerprint density at radius 3 is 2.40 bits per heavy atom. The van der Waals surface area contributed by atoms with Crippen LogP contribution in [0.2, 0.25) is 0 Å². The molecule has 0 aliphatic carbocycles. The molecule has 0 saturated carbocycles. The second-order valence-electron chi connectivity index (χ2n) is 5.32. The van der Waals surface area contributed by atoms with Crippen LogP contribution in [0.4, 0.5) is 0 Å². The van der Waals surface area contributed by atoms with Gasteiger partial charge < -0.3 is 4.89 Å². The summed E-state index contributed by atoms with van der Waals surface area (Å²) in [5, 5.41) is 1.25. The zero-order chi connectivity index (χ0) is 17.2. The predicted octanol–water partition coefficient (Wildman–Crippen LogP) is 6.60. The van der Waals surface area contributed by atoms with Crippen molar-refractivity contribution in [1.29, 1.82) is 0 Å². The number of fused-ring (bicyclic) bond motifs is 1. The molecule has 2 nitrogen and oxygen atoms in total. The molecule has 2 aromatic heterocycles. The minimum Gasteiger partial charge on any atom is -0.601 e. The highest BCUT2D eigenvalue weighted by molar-refractivity contribution is 7.51. The molecule has 0 saturated heterocycles. The van der Waals surface area contributed by atoms with Gasteiger partial charge in [0, 0.05) is 9.58 Å². The number of hydrogen-bond acceptors (Lipinski definition) is 5. The van der Waals surface area contributed by atoms with E-state index in [4.69, 9.17) is 4.52 Å². The Kier molecular flexibility index (Phi) is 5.13. The van der Waals surface area contributed by atoms with Gasteiger partial charge in [0.2, 0.25) is 0 Å². The van der Waals surface area contributed by atoms with Crippen molar-refractivity contribution in [1.82, 2.24) is 0 Å². The number of benzene rings is 2. The van der Waals surface area contributed by atoms with Crippen molar-refractivity contribution < 1.29 is 9.42 Å². The molecule has 1 atom stereocenters. The van der Waals surface area contributed by atoms with Crippen LogP contribution < -0.4 is 4.89 Å². The van der Waals surface area contributed by atoms with E-state index in [1.807, 2.05) is 25.1 Å². The predicted molar refractivity (Wildman–Crippen MR) is 110 cm³/mol. The average Bonchev–Trinajstić information content (AvgIpc) is 3.27. The summed E-state index contributed by atoms with van der Waals surface area (Å²) in [7, 11) is -1.78. The van der Waals surface area contributed by atoms with Crippen LogP contribution in [-0.2, 0) is 4.52 Å². The summed E-state index contributed by atoms with van der Waals surface area (Å²) < 4.78 is 7.47. The third-order valence-electron chi connectivity index (χ3n) is 3.67. The van der Waals surface area contributed by atoms with E-state index in [1.165, 1.54) is 19.8 Å². The van der Waals surface area contributed by atoms with E-state index < -0.39 is 8.00 Å². The quantitative estimate of drug-likeness (QED) is 0.360. The van der Waals surface area contributed by atoms with E-state index in [2.05, 4.69) is 42.5 Å². The average molecular weight is 403 g/mol. The summed E-state index contributed by atoms with van der Waals surface area (Å²) in [6, 6.07) is 20.9. The Hall–Kier alpha value is -1.33. The number of rotatable bonds is 4. The molecule has 0 N–H and O–H groups in total. The Balaban J connectivity index is 1.95. The Labute approximate surface area is 159 Å². The van der Waals surface area contributed by atoms with Gasteiger partial charge >= 0.3 is 0 Å². The van der Waals surface area contributed by atoms with Crippen molar-refractivity contribution in [2.24, 2.45) is 0 Å². The second kappa shape index (κ2) is 7.50. The molecule has 2 heterocycles. The molecule has 4 rings (SSSR count). The van der Waals surface area contributed by atoms with Crippen LogP contribution in [0.5, 0.6) is 0 Å². The Morgan fingerprint density at radius 2 is 1.64 bits per heavy atom. The SMILES string of the molecule is CCO/[P+]([O-])=c1/sc(-c2ccccc2)c(-c2cc3ccccc3s2)s1. The smallest absolute Gasteiger partial charge is 0.282 e. The first-order valence-corrected chi connectivity index (χ1v) is 11.5. The maximum Gasteiger partial charge on any atom is 0.282 e. The Morgan fingerprint density at radius 1 is 0.920 bits per heavy atom. The minimum atomic E-state index is -1.78. The van der Waals surface area contributed by atoms with Crippen LogP contribution >= 0.6 is 42.0 Å². The fourth-order valence-corrected chi connectivity index (χ4v) is 7.78. The van der Waals surface area contributed by atoms with Gasteiger partial charge in [0.05, 0.1) is 16.4 Å². The van der Waals surface area contributed by atoms with E-state index in [-0.39, 0.29) is 0 Å². The maximum atomic E-state index is 12.4. The van der Waals surface area contributed by atoms with Gasteiger partial charge in [-0.05, 0) is 30.0 Å². The van der Waals surface area contributed by atoms with Gasteiger partial charge in [0.1, 0.15) is 0 Å². The minimum absolute atomic E-state index is 0.457. The highest BCUT2D eigenvalue weighted by atomic mass is 32.2. The van der Waals surface area contributed by atoms with Crippen molar-refractivity contribution >= 4 is 52.1 Å². The molecule has 0 spiro atoms. The van der Waals surface area contributed by atoms with Crippen molar-refractivity contribution in [2.75, 3.05) is 6.61 Å².